The van der Waals surface area contributed by atoms with Gasteiger partial charge in [0.15, 0.2) is 5.76 Å². The summed E-state index contributed by atoms with van der Waals surface area (Å²) in [6.45, 7) is 1.98. The van der Waals surface area contributed by atoms with Gasteiger partial charge in [0.2, 0.25) is 0 Å². The minimum Gasteiger partial charge on any atom is -0.463 e. The highest BCUT2D eigenvalue weighted by Crippen LogP contribution is 2.24. The second kappa shape index (κ2) is 5.35. The molecular weight excluding hydrogens is 250 g/mol. The number of benzene rings is 1. The summed E-state index contributed by atoms with van der Waals surface area (Å²) in [6.07, 6.45) is 2.40. The predicted octanol–water partition coefficient (Wildman–Crippen LogP) is 3.22. The van der Waals surface area contributed by atoms with Crippen LogP contribution < -0.4 is 5.73 Å². The first-order valence-corrected chi connectivity index (χ1v) is 6.64. The third-order valence-electron chi connectivity index (χ3n) is 3.31. The number of aryl methyl sites for hydroxylation is 1. The lowest BCUT2D eigenvalue weighted by Crippen LogP contribution is -2.15. The van der Waals surface area contributed by atoms with Gasteiger partial charge in [-0.05, 0) is 31.0 Å². The Morgan fingerprint density at radius 1 is 1.20 bits per heavy atom. The van der Waals surface area contributed by atoms with E-state index in [1.54, 1.807) is 6.26 Å². The molecule has 2 aromatic heterocycles. The Morgan fingerprint density at radius 3 is 2.70 bits per heavy atom. The molecule has 0 aliphatic carbocycles. The van der Waals surface area contributed by atoms with E-state index in [0.717, 1.165) is 29.4 Å². The van der Waals surface area contributed by atoms with Crippen LogP contribution in [-0.2, 0) is 6.42 Å². The molecule has 0 amide bonds. The monoisotopic (exact) mass is 267 g/mol. The normalized spacial score (nSPS) is 12.5. The highest BCUT2D eigenvalue weighted by Gasteiger charge is 2.16. The van der Waals surface area contributed by atoms with E-state index in [1.807, 2.05) is 37.3 Å². The van der Waals surface area contributed by atoms with E-state index in [4.69, 9.17) is 10.2 Å². The van der Waals surface area contributed by atoms with Crippen molar-refractivity contribution in [3.63, 3.8) is 0 Å². The largest absolute Gasteiger partial charge is 0.463 e. The standard InChI is InChI=1S/C16H17N3O/c1-11-15(14-8-5-9-20-14)19-16(18-11)13(17)10-12-6-3-2-4-7-12/h2-9,13H,10,17H2,1H3,(H,18,19). The Balaban J connectivity index is 1.82. The zero-order valence-electron chi connectivity index (χ0n) is 11.3. The van der Waals surface area contributed by atoms with Crippen molar-refractivity contribution >= 4 is 0 Å². The van der Waals surface area contributed by atoms with Gasteiger partial charge in [0.1, 0.15) is 11.5 Å². The summed E-state index contributed by atoms with van der Waals surface area (Å²) >= 11 is 0. The average Bonchev–Trinajstić information content (AvgIpc) is 3.08. The number of imidazole rings is 1. The number of nitrogens with zero attached hydrogens (tertiary/aromatic N) is 1. The van der Waals surface area contributed by atoms with Crippen LogP contribution in [0.15, 0.2) is 53.1 Å². The Labute approximate surface area is 117 Å². The van der Waals surface area contributed by atoms with Crippen molar-refractivity contribution in [3.05, 3.63) is 65.8 Å². The average molecular weight is 267 g/mol. The Bertz CT molecular complexity index is 671. The molecule has 0 spiro atoms. The van der Waals surface area contributed by atoms with Gasteiger partial charge in [0.25, 0.3) is 0 Å². The lowest BCUT2D eigenvalue weighted by atomic mass is 10.1. The first-order chi connectivity index (χ1) is 9.74. The van der Waals surface area contributed by atoms with Crippen molar-refractivity contribution in [3.8, 4) is 11.5 Å². The number of furan rings is 1. The molecule has 0 saturated carbocycles. The van der Waals surface area contributed by atoms with Gasteiger partial charge >= 0.3 is 0 Å². The lowest BCUT2D eigenvalue weighted by Gasteiger charge is -2.08. The van der Waals surface area contributed by atoms with Crippen LogP contribution in [0.3, 0.4) is 0 Å². The van der Waals surface area contributed by atoms with Crippen molar-refractivity contribution in [2.45, 2.75) is 19.4 Å². The molecule has 1 atom stereocenters. The number of aromatic nitrogens is 2. The zero-order chi connectivity index (χ0) is 13.9. The molecule has 3 rings (SSSR count). The summed E-state index contributed by atoms with van der Waals surface area (Å²) in [7, 11) is 0. The topological polar surface area (TPSA) is 67.8 Å². The van der Waals surface area contributed by atoms with Crippen LogP contribution in [0.5, 0.6) is 0 Å². The number of hydrogen-bond acceptors (Lipinski definition) is 3. The van der Waals surface area contributed by atoms with Crippen molar-refractivity contribution in [1.29, 1.82) is 0 Å². The molecule has 1 unspecified atom stereocenters. The molecule has 4 heteroatoms. The van der Waals surface area contributed by atoms with Gasteiger partial charge in [-0.1, -0.05) is 30.3 Å². The fraction of sp³-hybridized carbons (Fsp3) is 0.188. The third kappa shape index (κ3) is 2.51. The molecule has 0 bridgehead atoms. The molecule has 2 heterocycles. The zero-order valence-corrected chi connectivity index (χ0v) is 11.3. The highest BCUT2D eigenvalue weighted by atomic mass is 16.3. The molecular formula is C16H17N3O. The minimum absolute atomic E-state index is 0.153. The van der Waals surface area contributed by atoms with Gasteiger partial charge in [0, 0.05) is 5.69 Å². The summed E-state index contributed by atoms with van der Waals surface area (Å²) in [5, 5.41) is 0. The molecule has 0 fully saturated rings. The molecule has 0 saturated heterocycles. The maximum atomic E-state index is 6.24. The van der Waals surface area contributed by atoms with Crippen LogP contribution in [0.4, 0.5) is 0 Å². The van der Waals surface area contributed by atoms with Crippen LogP contribution in [0.25, 0.3) is 11.5 Å². The van der Waals surface area contributed by atoms with Gasteiger partial charge in [-0.25, -0.2) is 4.98 Å². The molecule has 3 N–H and O–H groups in total. The van der Waals surface area contributed by atoms with E-state index in [-0.39, 0.29) is 6.04 Å². The van der Waals surface area contributed by atoms with E-state index < -0.39 is 0 Å². The number of H-pyrrole nitrogens is 1. The summed E-state index contributed by atoms with van der Waals surface area (Å²) in [5.41, 5.74) is 9.24. The summed E-state index contributed by atoms with van der Waals surface area (Å²) in [4.78, 5) is 7.83. The number of hydrogen-bond donors (Lipinski definition) is 2. The van der Waals surface area contributed by atoms with Crippen LogP contribution in [-0.4, -0.2) is 9.97 Å². The molecule has 0 radical (unpaired) electrons. The molecule has 102 valence electrons. The van der Waals surface area contributed by atoms with Crippen molar-refractivity contribution < 1.29 is 4.42 Å². The summed E-state index contributed by atoms with van der Waals surface area (Å²) in [6, 6.07) is 13.8. The van der Waals surface area contributed by atoms with E-state index in [1.165, 1.54) is 5.56 Å². The van der Waals surface area contributed by atoms with Crippen LogP contribution in [0, 0.1) is 6.92 Å². The molecule has 20 heavy (non-hydrogen) atoms. The van der Waals surface area contributed by atoms with E-state index in [2.05, 4.69) is 22.1 Å². The second-order valence-corrected chi connectivity index (χ2v) is 4.87. The van der Waals surface area contributed by atoms with Crippen LogP contribution in [0.2, 0.25) is 0 Å². The molecule has 0 aliphatic heterocycles. The molecule has 1 aromatic carbocycles. The fourth-order valence-corrected chi connectivity index (χ4v) is 2.28. The number of rotatable bonds is 4. The van der Waals surface area contributed by atoms with Gasteiger partial charge in [-0.3, -0.25) is 0 Å². The first kappa shape index (κ1) is 12.7. The maximum absolute atomic E-state index is 6.24. The third-order valence-corrected chi connectivity index (χ3v) is 3.31. The SMILES string of the molecule is Cc1[nH]c(C(N)Cc2ccccc2)nc1-c1ccco1. The predicted molar refractivity (Wildman–Crippen MR) is 78.1 cm³/mol. The van der Waals surface area contributed by atoms with Gasteiger partial charge in [-0.15, -0.1) is 0 Å². The van der Waals surface area contributed by atoms with Crippen LogP contribution >= 0.6 is 0 Å². The molecule has 3 aromatic rings. The molecule has 0 aliphatic rings. The van der Waals surface area contributed by atoms with E-state index in [9.17, 15) is 0 Å². The van der Waals surface area contributed by atoms with Gasteiger partial charge in [-0.2, -0.15) is 0 Å². The Hall–Kier alpha value is -2.33. The molecule has 4 nitrogen and oxygen atoms in total. The highest BCUT2D eigenvalue weighted by molar-refractivity contribution is 5.55. The minimum atomic E-state index is -0.153. The van der Waals surface area contributed by atoms with Crippen molar-refractivity contribution in [2.24, 2.45) is 5.73 Å². The van der Waals surface area contributed by atoms with E-state index >= 15 is 0 Å². The first-order valence-electron chi connectivity index (χ1n) is 6.64. The summed E-state index contributed by atoms with van der Waals surface area (Å²) < 4.78 is 5.39. The lowest BCUT2D eigenvalue weighted by molar-refractivity contribution is 0.579. The number of aromatic amines is 1. The van der Waals surface area contributed by atoms with Crippen LogP contribution in [0.1, 0.15) is 23.1 Å². The van der Waals surface area contributed by atoms with Crippen molar-refractivity contribution in [1.82, 2.24) is 9.97 Å². The number of nitrogens with two attached hydrogens (primary N) is 1. The smallest absolute Gasteiger partial charge is 0.154 e. The van der Waals surface area contributed by atoms with Crippen molar-refractivity contribution in [2.75, 3.05) is 0 Å². The quantitative estimate of drug-likeness (QED) is 0.762. The fourth-order valence-electron chi connectivity index (χ4n) is 2.28. The van der Waals surface area contributed by atoms with Gasteiger partial charge in [0.05, 0.1) is 12.3 Å². The Morgan fingerprint density at radius 2 is 2.00 bits per heavy atom. The second-order valence-electron chi connectivity index (χ2n) is 4.87. The Kier molecular flexibility index (Phi) is 3.39. The maximum Gasteiger partial charge on any atom is 0.154 e. The summed E-state index contributed by atoms with van der Waals surface area (Å²) in [5.74, 6) is 1.55. The van der Waals surface area contributed by atoms with Gasteiger partial charge < -0.3 is 15.1 Å². The van der Waals surface area contributed by atoms with E-state index in [0.29, 0.717) is 0 Å². The number of nitrogens with one attached hydrogen (secondary N) is 1.